The third-order valence-electron chi connectivity index (χ3n) is 3.88. The van der Waals surface area contributed by atoms with Gasteiger partial charge in [0.2, 0.25) is 0 Å². The Bertz CT molecular complexity index is 928. The summed E-state index contributed by atoms with van der Waals surface area (Å²) in [5.74, 6) is -2.31. The van der Waals surface area contributed by atoms with E-state index >= 15 is 0 Å². The quantitative estimate of drug-likeness (QED) is 0.722. The molecule has 28 heavy (non-hydrogen) atoms. The molecule has 2 aromatic rings. The molecular formula is C19H18BrN3O5. The molecule has 1 fully saturated rings. The van der Waals surface area contributed by atoms with E-state index < -0.39 is 17.7 Å². The number of carbonyl (C=O) groups is 2. The van der Waals surface area contributed by atoms with Crippen molar-refractivity contribution in [2.45, 2.75) is 25.7 Å². The molecule has 1 aromatic carbocycles. The smallest absolute Gasteiger partial charge is 0.337 e. The Kier molecular flexibility index (Phi) is 5.87. The number of carboxylic acid groups (broad SMARTS) is 1. The van der Waals surface area contributed by atoms with Crippen molar-refractivity contribution in [2.75, 3.05) is 11.9 Å². The van der Waals surface area contributed by atoms with Crippen LogP contribution in [0.25, 0.3) is 6.08 Å². The number of carbonyl (C=O) groups excluding carboxylic acids is 1. The molecule has 8 nitrogen and oxygen atoms in total. The monoisotopic (exact) mass is 447 g/mol. The number of benzene rings is 1. The van der Waals surface area contributed by atoms with Gasteiger partial charge < -0.3 is 19.9 Å². The topological polar surface area (TPSA) is 111 Å². The molecule has 1 amide bonds. The van der Waals surface area contributed by atoms with Crippen molar-refractivity contribution in [1.82, 2.24) is 9.97 Å². The molecule has 3 rings (SSSR count). The Morgan fingerprint density at radius 2 is 2.11 bits per heavy atom. The van der Waals surface area contributed by atoms with Crippen molar-refractivity contribution in [3.63, 3.8) is 0 Å². The number of amides is 1. The van der Waals surface area contributed by atoms with E-state index in [-0.39, 0.29) is 23.0 Å². The average molecular weight is 448 g/mol. The number of halogens is 1. The van der Waals surface area contributed by atoms with Gasteiger partial charge in [-0.1, -0.05) is 22.0 Å². The van der Waals surface area contributed by atoms with Gasteiger partial charge in [0, 0.05) is 4.47 Å². The number of hydrogen-bond donors (Lipinski definition) is 2. The summed E-state index contributed by atoms with van der Waals surface area (Å²) in [6.45, 7) is 4.14. The highest BCUT2D eigenvalue weighted by Crippen LogP contribution is 2.23. The van der Waals surface area contributed by atoms with Crippen molar-refractivity contribution in [2.24, 2.45) is 0 Å². The fourth-order valence-electron chi connectivity index (χ4n) is 2.55. The van der Waals surface area contributed by atoms with Crippen molar-refractivity contribution >= 4 is 39.6 Å². The molecule has 2 heterocycles. The number of ether oxygens (including phenoxy) is 2. The lowest BCUT2D eigenvalue weighted by Gasteiger charge is -2.15. The molecule has 1 aromatic heterocycles. The summed E-state index contributed by atoms with van der Waals surface area (Å²) in [7, 11) is 0. The van der Waals surface area contributed by atoms with Gasteiger partial charge in [0.1, 0.15) is 11.8 Å². The molecule has 2 N–H and O–H groups in total. The lowest BCUT2D eigenvalue weighted by atomic mass is 10.2. The van der Waals surface area contributed by atoms with Gasteiger partial charge in [0.05, 0.1) is 35.9 Å². The van der Waals surface area contributed by atoms with Gasteiger partial charge in [-0.3, -0.25) is 9.78 Å². The van der Waals surface area contributed by atoms with Gasteiger partial charge in [0.15, 0.2) is 5.79 Å². The fraction of sp³-hybridized carbons (Fsp3) is 0.263. The molecule has 0 bridgehead atoms. The molecule has 0 unspecified atom stereocenters. The molecule has 0 saturated carbocycles. The van der Waals surface area contributed by atoms with Gasteiger partial charge in [-0.05, 0) is 38.1 Å². The average Bonchev–Trinajstić information content (AvgIpc) is 3.00. The largest absolute Gasteiger partial charge is 0.478 e. The van der Waals surface area contributed by atoms with E-state index in [0.29, 0.717) is 16.8 Å². The summed E-state index contributed by atoms with van der Waals surface area (Å²) in [5.41, 5.74) is 0.766. The molecule has 146 valence electrons. The van der Waals surface area contributed by atoms with Crippen molar-refractivity contribution in [3.05, 3.63) is 58.1 Å². The Hall–Kier alpha value is -2.62. The predicted octanol–water partition coefficient (Wildman–Crippen LogP) is 3.35. The van der Waals surface area contributed by atoms with Crippen LogP contribution >= 0.6 is 15.9 Å². The molecule has 1 aliphatic rings. The highest BCUT2D eigenvalue weighted by molar-refractivity contribution is 9.10. The molecule has 0 radical (unpaired) electrons. The van der Waals surface area contributed by atoms with Gasteiger partial charge in [-0.15, -0.1) is 0 Å². The number of hydrogen-bond acceptors (Lipinski definition) is 6. The summed E-state index contributed by atoms with van der Waals surface area (Å²) in [6, 6.07) is 4.55. The second-order valence-electron chi connectivity index (χ2n) is 6.50. The normalized spacial score (nSPS) is 18.3. The van der Waals surface area contributed by atoms with Crippen LogP contribution in [0.1, 0.15) is 40.4 Å². The number of nitrogens with zero attached hydrogens (tertiary/aromatic N) is 2. The lowest BCUT2D eigenvalue weighted by Crippen LogP contribution is -2.20. The summed E-state index contributed by atoms with van der Waals surface area (Å²) >= 11 is 3.21. The SMILES string of the molecule is CC1(C)OC[C@H](/C=C/c2cnc(C(=O)Nc3ccc(Br)cc3C(=O)O)cn2)O1. The van der Waals surface area contributed by atoms with E-state index in [1.54, 1.807) is 12.1 Å². The molecular weight excluding hydrogens is 430 g/mol. The molecule has 1 saturated heterocycles. The number of anilines is 1. The maximum atomic E-state index is 12.4. The zero-order chi connectivity index (χ0) is 20.3. The van der Waals surface area contributed by atoms with E-state index in [9.17, 15) is 14.7 Å². The Morgan fingerprint density at radius 1 is 1.32 bits per heavy atom. The Balaban J connectivity index is 1.67. The van der Waals surface area contributed by atoms with E-state index in [4.69, 9.17) is 9.47 Å². The van der Waals surface area contributed by atoms with Gasteiger partial charge in [0.25, 0.3) is 5.91 Å². The first-order valence-corrected chi connectivity index (χ1v) is 9.19. The van der Waals surface area contributed by atoms with Crippen molar-refractivity contribution < 1.29 is 24.2 Å². The number of nitrogens with one attached hydrogen (secondary N) is 1. The first kappa shape index (κ1) is 20.1. The third-order valence-corrected chi connectivity index (χ3v) is 4.37. The number of aromatic nitrogens is 2. The van der Waals surface area contributed by atoms with Crippen LogP contribution in [0.15, 0.2) is 41.1 Å². The van der Waals surface area contributed by atoms with Crippen LogP contribution < -0.4 is 5.32 Å². The van der Waals surface area contributed by atoms with Gasteiger partial charge >= 0.3 is 5.97 Å². The van der Waals surface area contributed by atoms with Crippen LogP contribution in [0.5, 0.6) is 0 Å². The molecule has 0 aliphatic carbocycles. The zero-order valence-corrected chi connectivity index (χ0v) is 16.8. The van der Waals surface area contributed by atoms with E-state index in [1.807, 2.05) is 19.9 Å². The molecule has 9 heteroatoms. The van der Waals surface area contributed by atoms with Crippen LogP contribution in [0.3, 0.4) is 0 Å². The van der Waals surface area contributed by atoms with Gasteiger partial charge in [-0.25, -0.2) is 9.78 Å². The fourth-order valence-corrected chi connectivity index (χ4v) is 2.91. The van der Waals surface area contributed by atoms with Gasteiger partial charge in [-0.2, -0.15) is 0 Å². The first-order valence-electron chi connectivity index (χ1n) is 8.40. The predicted molar refractivity (Wildman–Crippen MR) is 105 cm³/mol. The second-order valence-corrected chi connectivity index (χ2v) is 7.42. The summed E-state index contributed by atoms with van der Waals surface area (Å²) in [5, 5.41) is 11.8. The lowest BCUT2D eigenvalue weighted by molar-refractivity contribution is -0.133. The Morgan fingerprint density at radius 3 is 2.71 bits per heavy atom. The minimum Gasteiger partial charge on any atom is -0.478 e. The Labute approximate surface area is 169 Å². The second kappa shape index (κ2) is 8.17. The third kappa shape index (κ3) is 5.00. The molecule has 1 aliphatic heterocycles. The maximum absolute atomic E-state index is 12.4. The van der Waals surface area contributed by atoms with E-state index in [1.165, 1.54) is 24.5 Å². The molecule has 1 atom stereocenters. The zero-order valence-electron chi connectivity index (χ0n) is 15.2. The number of carboxylic acids is 1. The van der Waals surface area contributed by atoms with E-state index in [0.717, 1.165) is 0 Å². The summed E-state index contributed by atoms with van der Waals surface area (Å²) in [6.07, 6.45) is 6.16. The van der Waals surface area contributed by atoms with Crippen LogP contribution in [-0.4, -0.2) is 45.4 Å². The van der Waals surface area contributed by atoms with E-state index in [2.05, 4.69) is 31.2 Å². The highest BCUT2D eigenvalue weighted by Gasteiger charge is 2.30. The summed E-state index contributed by atoms with van der Waals surface area (Å²) in [4.78, 5) is 31.9. The number of rotatable bonds is 5. The minimum absolute atomic E-state index is 0.0306. The highest BCUT2D eigenvalue weighted by atomic mass is 79.9. The van der Waals surface area contributed by atoms with Crippen LogP contribution in [0.2, 0.25) is 0 Å². The summed E-state index contributed by atoms with van der Waals surface area (Å²) < 4.78 is 11.7. The standard InChI is InChI=1S/C19H18BrN3O5/c1-19(2)27-10-13(28-19)5-4-12-8-22-16(9-21-12)17(24)23-15-6-3-11(20)7-14(15)18(25)26/h3-9,13H,10H2,1-2H3,(H,23,24)(H,25,26)/b5-4+/t13-/m0/s1. The number of aromatic carboxylic acids is 1. The first-order chi connectivity index (χ1) is 13.2. The molecule has 0 spiro atoms. The van der Waals surface area contributed by atoms with Crippen molar-refractivity contribution in [1.29, 1.82) is 0 Å². The van der Waals surface area contributed by atoms with Crippen LogP contribution in [0.4, 0.5) is 5.69 Å². The van der Waals surface area contributed by atoms with Crippen molar-refractivity contribution in [3.8, 4) is 0 Å². The van der Waals surface area contributed by atoms with Crippen LogP contribution in [0, 0.1) is 0 Å². The van der Waals surface area contributed by atoms with Crippen LogP contribution in [-0.2, 0) is 9.47 Å². The minimum atomic E-state index is -1.15. The maximum Gasteiger partial charge on any atom is 0.337 e.